The normalized spacial score (nSPS) is 17.9. The number of rotatable bonds is 6. The fourth-order valence-electron chi connectivity index (χ4n) is 2.28. The van der Waals surface area contributed by atoms with Crippen LogP contribution in [0.1, 0.15) is 11.7 Å². The summed E-state index contributed by atoms with van der Waals surface area (Å²) in [4.78, 5) is 13.8. The van der Waals surface area contributed by atoms with E-state index in [0.717, 1.165) is 0 Å². The molecular formula is C15H22ClFN2O3. The van der Waals surface area contributed by atoms with Gasteiger partial charge in [-0.2, -0.15) is 0 Å². The molecule has 1 amide bonds. The van der Waals surface area contributed by atoms with Crippen LogP contribution in [-0.4, -0.2) is 57.3 Å². The molecule has 0 saturated carbocycles. The molecule has 1 aromatic rings. The number of nitrogens with one attached hydrogen (secondary N) is 1. The summed E-state index contributed by atoms with van der Waals surface area (Å²) in [6.07, 6.45) is -0.400. The largest absolute Gasteiger partial charge is 0.383 e. The maximum atomic E-state index is 13.8. The molecule has 22 heavy (non-hydrogen) atoms. The number of methoxy groups -OCH3 is 1. The molecule has 2 rings (SSSR count). The van der Waals surface area contributed by atoms with E-state index >= 15 is 0 Å². The third kappa shape index (κ3) is 5.21. The third-order valence-corrected chi connectivity index (χ3v) is 3.43. The number of ether oxygens (including phenoxy) is 2. The number of morpholine rings is 1. The number of benzene rings is 1. The number of halogens is 2. The van der Waals surface area contributed by atoms with Crippen molar-refractivity contribution in [1.29, 1.82) is 0 Å². The van der Waals surface area contributed by atoms with Crippen LogP contribution in [0.25, 0.3) is 0 Å². The Hall–Kier alpha value is -1.21. The molecule has 5 nitrogen and oxygen atoms in total. The minimum atomic E-state index is -0.400. The summed E-state index contributed by atoms with van der Waals surface area (Å²) in [6, 6.07) is 6.52. The first-order valence-electron chi connectivity index (χ1n) is 7.06. The summed E-state index contributed by atoms with van der Waals surface area (Å²) in [5.41, 5.74) is 0.502. The number of hydrogen-bond acceptors (Lipinski definition) is 4. The Labute approximate surface area is 136 Å². The highest BCUT2D eigenvalue weighted by molar-refractivity contribution is 5.85. The van der Waals surface area contributed by atoms with Crippen molar-refractivity contribution in [2.45, 2.75) is 6.10 Å². The van der Waals surface area contributed by atoms with Crippen LogP contribution in [0.4, 0.5) is 4.39 Å². The van der Waals surface area contributed by atoms with Crippen LogP contribution < -0.4 is 5.32 Å². The summed E-state index contributed by atoms with van der Waals surface area (Å²) in [6.45, 7) is 2.79. The van der Waals surface area contributed by atoms with E-state index in [-0.39, 0.29) is 30.7 Å². The van der Waals surface area contributed by atoms with E-state index in [4.69, 9.17) is 9.47 Å². The highest BCUT2D eigenvalue weighted by atomic mass is 35.5. The van der Waals surface area contributed by atoms with Gasteiger partial charge in [0.1, 0.15) is 11.9 Å². The fraction of sp³-hybridized carbons (Fsp3) is 0.533. The van der Waals surface area contributed by atoms with Crippen LogP contribution in [0.3, 0.4) is 0 Å². The van der Waals surface area contributed by atoms with Gasteiger partial charge in [0.2, 0.25) is 5.91 Å². The molecule has 1 heterocycles. The van der Waals surface area contributed by atoms with E-state index in [9.17, 15) is 9.18 Å². The predicted molar refractivity (Wildman–Crippen MR) is 83.7 cm³/mol. The van der Waals surface area contributed by atoms with Crippen molar-refractivity contribution in [2.75, 3.05) is 46.5 Å². The Morgan fingerprint density at radius 3 is 3.00 bits per heavy atom. The van der Waals surface area contributed by atoms with Gasteiger partial charge in [-0.1, -0.05) is 18.2 Å². The molecule has 1 aliphatic heterocycles. The van der Waals surface area contributed by atoms with Gasteiger partial charge >= 0.3 is 0 Å². The summed E-state index contributed by atoms with van der Waals surface area (Å²) >= 11 is 0. The minimum Gasteiger partial charge on any atom is -0.383 e. The lowest BCUT2D eigenvalue weighted by Crippen LogP contribution is -2.46. The van der Waals surface area contributed by atoms with Gasteiger partial charge in [0.05, 0.1) is 26.3 Å². The average molecular weight is 333 g/mol. The van der Waals surface area contributed by atoms with Crippen molar-refractivity contribution in [2.24, 2.45) is 0 Å². The average Bonchev–Trinajstić information content (AvgIpc) is 2.52. The van der Waals surface area contributed by atoms with Gasteiger partial charge in [0.15, 0.2) is 0 Å². The van der Waals surface area contributed by atoms with E-state index in [1.54, 1.807) is 30.2 Å². The van der Waals surface area contributed by atoms with Crippen molar-refractivity contribution < 1.29 is 18.7 Å². The van der Waals surface area contributed by atoms with Crippen LogP contribution in [-0.2, 0) is 14.3 Å². The standard InChI is InChI=1S/C15H21FN2O3.ClH/c1-20-8-6-17-10-15(19)18-7-9-21-14(11-18)12-4-2-3-5-13(12)16;/h2-5,14,17H,6-11H2,1H3;1H. The van der Waals surface area contributed by atoms with Gasteiger partial charge in [0.25, 0.3) is 0 Å². The Balaban J connectivity index is 0.00000242. The molecule has 1 N–H and O–H groups in total. The number of nitrogens with zero attached hydrogens (tertiary/aromatic N) is 1. The Morgan fingerprint density at radius 1 is 1.50 bits per heavy atom. The third-order valence-electron chi connectivity index (χ3n) is 3.43. The summed E-state index contributed by atoms with van der Waals surface area (Å²) in [5, 5.41) is 3.02. The first-order valence-corrected chi connectivity index (χ1v) is 7.06. The van der Waals surface area contributed by atoms with Gasteiger partial charge in [-0.25, -0.2) is 4.39 Å². The van der Waals surface area contributed by atoms with Crippen molar-refractivity contribution in [3.63, 3.8) is 0 Å². The molecule has 0 aromatic heterocycles. The van der Waals surface area contributed by atoms with Gasteiger partial charge in [-0.15, -0.1) is 12.4 Å². The van der Waals surface area contributed by atoms with Crippen molar-refractivity contribution in [3.05, 3.63) is 35.6 Å². The second-order valence-electron chi connectivity index (χ2n) is 4.89. The summed E-state index contributed by atoms with van der Waals surface area (Å²) in [5.74, 6) is -0.300. The van der Waals surface area contributed by atoms with Crippen molar-refractivity contribution in [1.82, 2.24) is 10.2 Å². The fourth-order valence-corrected chi connectivity index (χ4v) is 2.28. The van der Waals surface area contributed by atoms with E-state index in [1.807, 2.05) is 0 Å². The number of amides is 1. The Bertz CT molecular complexity index is 476. The molecule has 0 bridgehead atoms. The van der Waals surface area contributed by atoms with E-state index in [1.165, 1.54) is 6.07 Å². The van der Waals surface area contributed by atoms with Crippen LogP contribution in [0.5, 0.6) is 0 Å². The molecule has 124 valence electrons. The molecule has 0 radical (unpaired) electrons. The van der Waals surface area contributed by atoms with Crippen LogP contribution in [0.2, 0.25) is 0 Å². The number of hydrogen-bond donors (Lipinski definition) is 1. The molecule has 1 fully saturated rings. The van der Waals surface area contributed by atoms with Crippen molar-refractivity contribution in [3.8, 4) is 0 Å². The Kier molecular flexibility index (Phi) is 8.34. The zero-order valence-corrected chi connectivity index (χ0v) is 13.4. The van der Waals surface area contributed by atoms with Gasteiger partial charge in [-0.05, 0) is 6.07 Å². The second kappa shape index (κ2) is 9.74. The molecule has 7 heteroatoms. The van der Waals surface area contributed by atoms with E-state index in [2.05, 4.69) is 5.32 Å². The SMILES string of the molecule is COCCNCC(=O)N1CCOC(c2ccccc2F)C1.Cl. The molecule has 1 aromatic carbocycles. The maximum Gasteiger partial charge on any atom is 0.236 e. The van der Waals surface area contributed by atoms with Crippen molar-refractivity contribution >= 4 is 18.3 Å². The van der Waals surface area contributed by atoms with Crippen LogP contribution >= 0.6 is 12.4 Å². The second-order valence-corrected chi connectivity index (χ2v) is 4.89. The smallest absolute Gasteiger partial charge is 0.236 e. The lowest BCUT2D eigenvalue weighted by Gasteiger charge is -2.33. The topological polar surface area (TPSA) is 50.8 Å². The van der Waals surface area contributed by atoms with Gasteiger partial charge < -0.3 is 19.7 Å². The molecule has 0 aliphatic carbocycles. The van der Waals surface area contributed by atoms with Crippen LogP contribution in [0, 0.1) is 5.82 Å². The lowest BCUT2D eigenvalue weighted by molar-refractivity contribution is -0.138. The maximum absolute atomic E-state index is 13.8. The van der Waals surface area contributed by atoms with Gasteiger partial charge in [-0.3, -0.25) is 4.79 Å². The first kappa shape index (κ1) is 18.8. The molecule has 1 unspecified atom stereocenters. The monoisotopic (exact) mass is 332 g/mol. The summed E-state index contributed by atoms with van der Waals surface area (Å²) < 4.78 is 24.3. The first-order chi connectivity index (χ1) is 10.2. The molecular weight excluding hydrogens is 311 g/mol. The highest BCUT2D eigenvalue weighted by Gasteiger charge is 2.26. The molecule has 0 spiro atoms. The lowest BCUT2D eigenvalue weighted by atomic mass is 10.1. The zero-order chi connectivity index (χ0) is 15.1. The van der Waals surface area contributed by atoms with Crippen LogP contribution in [0.15, 0.2) is 24.3 Å². The predicted octanol–water partition coefficient (Wildman–Crippen LogP) is 1.38. The Morgan fingerprint density at radius 2 is 2.27 bits per heavy atom. The summed E-state index contributed by atoms with van der Waals surface area (Å²) in [7, 11) is 1.62. The van der Waals surface area contributed by atoms with E-state index in [0.29, 0.717) is 38.4 Å². The molecule has 1 saturated heterocycles. The van der Waals surface area contributed by atoms with E-state index < -0.39 is 6.10 Å². The zero-order valence-electron chi connectivity index (χ0n) is 12.6. The highest BCUT2D eigenvalue weighted by Crippen LogP contribution is 2.24. The molecule has 1 aliphatic rings. The number of carbonyl (C=O) groups excluding carboxylic acids is 1. The van der Waals surface area contributed by atoms with Gasteiger partial charge in [0, 0.05) is 25.8 Å². The quantitative estimate of drug-likeness (QED) is 0.800. The molecule has 1 atom stereocenters. The number of carbonyl (C=O) groups is 1. The minimum absolute atomic E-state index is 0.